The van der Waals surface area contributed by atoms with E-state index in [4.69, 9.17) is 4.74 Å². The number of ether oxygens (including phenoxy) is 1. The van der Waals surface area contributed by atoms with E-state index in [1.807, 2.05) is 18.2 Å². The Kier molecular flexibility index (Phi) is 6.39. The van der Waals surface area contributed by atoms with Gasteiger partial charge < -0.3 is 10.1 Å². The van der Waals surface area contributed by atoms with Crippen LogP contribution in [-0.4, -0.2) is 33.6 Å². The fourth-order valence-electron chi connectivity index (χ4n) is 4.43. The van der Waals surface area contributed by atoms with Gasteiger partial charge in [0, 0.05) is 18.5 Å². The summed E-state index contributed by atoms with van der Waals surface area (Å²) in [7, 11) is 0. The lowest BCUT2D eigenvalue weighted by Gasteiger charge is -2.30. The number of amides is 1. The Balaban J connectivity index is 1.37. The van der Waals surface area contributed by atoms with Gasteiger partial charge in [-0.1, -0.05) is 31.9 Å². The molecular formula is C24H31N3O4. The highest BCUT2D eigenvalue weighted by atomic mass is 16.5. The lowest BCUT2D eigenvalue weighted by Crippen LogP contribution is -2.46. The summed E-state index contributed by atoms with van der Waals surface area (Å²) in [5, 5.41) is 3.63. The normalized spacial score (nSPS) is 22.1. The van der Waals surface area contributed by atoms with Gasteiger partial charge in [-0.2, -0.15) is 0 Å². The molecule has 1 aromatic carbocycles. The Morgan fingerprint density at radius 1 is 1.19 bits per heavy atom. The molecule has 2 fully saturated rings. The van der Waals surface area contributed by atoms with Crippen molar-refractivity contribution in [3.05, 3.63) is 40.4 Å². The van der Waals surface area contributed by atoms with E-state index in [1.165, 1.54) is 6.42 Å². The number of carbonyl (C=O) groups is 2. The zero-order chi connectivity index (χ0) is 22.0. The van der Waals surface area contributed by atoms with E-state index in [0.29, 0.717) is 29.1 Å². The Hall–Kier alpha value is -2.70. The molecule has 3 unspecified atom stereocenters. The Labute approximate surface area is 182 Å². The van der Waals surface area contributed by atoms with E-state index < -0.39 is 12.1 Å². The predicted octanol–water partition coefficient (Wildman–Crippen LogP) is 3.29. The molecule has 0 bridgehead atoms. The third kappa shape index (κ3) is 4.97. The minimum atomic E-state index is -0.836. The van der Waals surface area contributed by atoms with Gasteiger partial charge in [-0.3, -0.25) is 19.0 Å². The number of aromatic nitrogens is 2. The molecule has 7 heteroatoms. The third-order valence-corrected chi connectivity index (χ3v) is 6.46. The molecule has 1 amide bonds. The molecule has 2 aliphatic carbocycles. The number of benzene rings is 1. The predicted molar refractivity (Wildman–Crippen MR) is 118 cm³/mol. The van der Waals surface area contributed by atoms with E-state index >= 15 is 0 Å². The van der Waals surface area contributed by atoms with Crippen LogP contribution in [-0.2, 0) is 20.7 Å². The zero-order valence-corrected chi connectivity index (χ0v) is 18.3. The van der Waals surface area contributed by atoms with Crippen molar-refractivity contribution >= 4 is 22.8 Å². The van der Waals surface area contributed by atoms with Gasteiger partial charge in [0.05, 0.1) is 17.3 Å². The van der Waals surface area contributed by atoms with Crippen molar-refractivity contribution in [1.29, 1.82) is 0 Å². The molecule has 0 aliphatic heterocycles. The number of esters is 1. The first-order chi connectivity index (χ1) is 14.9. The number of rotatable bonds is 7. The van der Waals surface area contributed by atoms with E-state index in [-0.39, 0.29) is 30.0 Å². The first-order valence-corrected chi connectivity index (χ1v) is 11.4. The Bertz CT molecular complexity index is 1030. The number of fused-ring (bicyclic) bond motifs is 1. The average molecular weight is 426 g/mol. The second kappa shape index (κ2) is 9.20. The van der Waals surface area contributed by atoms with Gasteiger partial charge in [0.1, 0.15) is 5.82 Å². The molecule has 7 nitrogen and oxygen atoms in total. The van der Waals surface area contributed by atoms with Crippen LogP contribution in [0.1, 0.15) is 70.7 Å². The largest absolute Gasteiger partial charge is 0.453 e. The summed E-state index contributed by atoms with van der Waals surface area (Å²) in [4.78, 5) is 42.4. The van der Waals surface area contributed by atoms with Crippen molar-refractivity contribution in [1.82, 2.24) is 14.9 Å². The molecule has 1 heterocycles. The highest BCUT2D eigenvalue weighted by molar-refractivity contribution is 5.83. The van der Waals surface area contributed by atoms with Crippen molar-refractivity contribution in [2.75, 3.05) is 0 Å². The molecule has 2 aromatic rings. The van der Waals surface area contributed by atoms with Crippen LogP contribution in [0.5, 0.6) is 0 Å². The van der Waals surface area contributed by atoms with Gasteiger partial charge >= 0.3 is 5.97 Å². The number of para-hydroxylation sites is 1. The molecule has 0 saturated heterocycles. The number of nitrogens with zero attached hydrogens (tertiary/aromatic N) is 2. The maximum absolute atomic E-state index is 12.9. The standard InChI is InChI=1S/C24H31N3O4/c1-15-7-3-5-9-19(15)26-23(29)16(2)31-22(28)14-13-21-25-20-10-6-4-8-18(20)24(30)27(21)17-11-12-17/h4,6,8,10,15-17,19H,3,5,7,9,11-14H2,1-2H3,(H,26,29). The smallest absolute Gasteiger partial charge is 0.307 e. The lowest BCUT2D eigenvalue weighted by atomic mass is 9.86. The summed E-state index contributed by atoms with van der Waals surface area (Å²) in [5.41, 5.74) is 0.591. The number of carbonyl (C=O) groups excluding carboxylic acids is 2. The molecule has 31 heavy (non-hydrogen) atoms. The molecule has 1 aromatic heterocycles. The van der Waals surface area contributed by atoms with Crippen molar-refractivity contribution in [3.8, 4) is 0 Å². The van der Waals surface area contributed by atoms with E-state index in [2.05, 4.69) is 17.2 Å². The fourth-order valence-corrected chi connectivity index (χ4v) is 4.43. The summed E-state index contributed by atoms with van der Waals surface area (Å²) in [6.45, 7) is 3.76. The van der Waals surface area contributed by atoms with Crippen molar-refractivity contribution in [3.63, 3.8) is 0 Å². The molecule has 1 N–H and O–H groups in total. The molecule has 0 spiro atoms. The zero-order valence-electron chi connectivity index (χ0n) is 18.3. The van der Waals surface area contributed by atoms with Gasteiger partial charge in [0.2, 0.25) is 0 Å². The Morgan fingerprint density at radius 3 is 2.68 bits per heavy atom. The summed E-state index contributed by atoms with van der Waals surface area (Å²) in [6.07, 6.45) is 5.86. The van der Waals surface area contributed by atoms with E-state index in [0.717, 1.165) is 32.1 Å². The second-order valence-corrected chi connectivity index (χ2v) is 8.96. The minimum Gasteiger partial charge on any atom is -0.453 e. The maximum Gasteiger partial charge on any atom is 0.307 e. The quantitative estimate of drug-likeness (QED) is 0.688. The molecule has 166 valence electrons. The van der Waals surface area contributed by atoms with Gasteiger partial charge in [0.25, 0.3) is 11.5 Å². The van der Waals surface area contributed by atoms with Crippen molar-refractivity contribution in [2.45, 2.75) is 83.4 Å². The average Bonchev–Trinajstić information content (AvgIpc) is 3.59. The highest BCUT2D eigenvalue weighted by Gasteiger charge is 2.29. The lowest BCUT2D eigenvalue weighted by molar-refractivity contribution is -0.155. The van der Waals surface area contributed by atoms with Crippen LogP contribution in [0.25, 0.3) is 10.9 Å². The molecule has 0 radical (unpaired) electrons. The minimum absolute atomic E-state index is 0.0502. The summed E-state index contributed by atoms with van der Waals surface area (Å²) in [5.74, 6) is 0.352. The summed E-state index contributed by atoms with van der Waals surface area (Å²) in [6, 6.07) is 7.60. The van der Waals surface area contributed by atoms with Crippen LogP contribution < -0.4 is 10.9 Å². The number of hydrogen-bond acceptors (Lipinski definition) is 5. The summed E-state index contributed by atoms with van der Waals surface area (Å²) < 4.78 is 7.11. The van der Waals surface area contributed by atoms with Crippen molar-refractivity contribution < 1.29 is 14.3 Å². The van der Waals surface area contributed by atoms with E-state index in [1.54, 1.807) is 17.6 Å². The second-order valence-electron chi connectivity index (χ2n) is 8.96. The van der Waals surface area contributed by atoms with Crippen molar-refractivity contribution in [2.24, 2.45) is 5.92 Å². The third-order valence-electron chi connectivity index (χ3n) is 6.46. The number of hydrogen-bond donors (Lipinski definition) is 1. The van der Waals surface area contributed by atoms with E-state index in [9.17, 15) is 14.4 Å². The van der Waals surface area contributed by atoms with Gasteiger partial charge in [0.15, 0.2) is 6.10 Å². The molecule has 2 saturated carbocycles. The van der Waals surface area contributed by atoms with Gasteiger partial charge in [-0.05, 0) is 50.7 Å². The van der Waals surface area contributed by atoms with Crippen LogP contribution in [0.4, 0.5) is 0 Å². The summed E-state index contributed by atoms with van der Waals surface area (Å²) >= 11 is 0. The number of nitrogens with one attached hydrogen (secondary N) is 1. The van der Waals surface area contributed by atoms with Gasteiger partial charge in [-0.15, -0.1) is 0 Å². The molecule has 3 atom stereocenters. The monoisotopic (exact) mass is 425 g/mol. The molecule has 2 aliphatic rings. The fraction of sp³-hybridized carbons (Fsp3) is 0.583. The SMILES string of the molecule is CC(OC(=O)CCc1nc2ccccc2c(=O)n1C1CC1)C(=O)NC1CCCCC1C. The topological polar surface area (TPSA) is 90.3 Å². The Morgan fingerprint density at radius 2 is 1.94 bits per heavy atom. The van der Waals surface area contributed by atoms with Crippen LogP contribution in [0.15, 0.2) is 29.1 Å². The van der Waals surface area contributed by atoms with Crippen LogP contribution in [0, 0.1) is 5.92 Å². The van der Waals surface area contributed by atoms with Crippen LogP contribution in [0.2, 0.25) is 0 Å². The van der Waals surface area contributed by atoms with Crippen LogP contribution in [0.3, 0.4) is 0 Å². The maximum atomic E-state index is 12.9. The van der Waals surface area contributed by atoms with Gasteiger partial charge in [-0.25, -0.2) is 4.98 Å². The first-order valence-electron chi connectivity index (χ1n) is 11.4. The molecular weight excluding hydrogens is 394 g/mol. The molecule has 4 rings (SSSR count). The number of aryl methyl sites for hydroxylation is 1. The first kappa shape index (κ1) is 21.5. The van der Waals surface area contributed by atoms with Crippen LogP contribution >= 0.6 is 0 Å². The highest BCUT2D eigenvalue weighted by Crippen LogP contribution is 2.35.